The number of hydrogen-bond donors (Lipinski definition) is 2. The monoisotopic (exact) mass is 427 g/mol. The van der Waals surface area contributed by atoms with E-state index in [0.717, 1.165) is 0 Å². The summed E-state index contributed by atoms with van der Waals surface area (Å²) in [5, 5.41) is 22.0. The molecule has 1 saturated heterocycles. The van der Waals surface area contributed by atoms with Crippen LogP contribution in [-0.2, 0) is 4.43 Å². The summed E-state index contributed by atoms with van der Waals surface area (Å²) < 4.78 is 6.85. The number of benzene rings is 2. The van der Waals surface area contributed by atoms with E-state index in [1.165, 1.54) is 15.3 Å². The highest BCUT2D eigenvalue weighted by atomic mass is 28.4. The van der Waals surface area contributed by atoms with Gasteiger partial charge in [-0.2, -0.15) is 0 Å². The molecule has 3 rings (SSSR count). The second-order valence-corrected chi connectivity index (χ2v) is 13.4. The Morgan fingerprint density at radius 2 is 1.60 bits per heavy atom. The average Bonchev–Trinajstić information content (AvgIpc) is 3.09. The second kappa shape index (κ2) is 9.33. The van der Waals surface area contributed by atoms with E-state index >= 15 is 0 Å². The highest BCUT2D eigenvalue weighted by Gasteiger charge is 2.50. The highest BCUT2D eigenvalue weighted by molar-refractivity contribution is 6.99. The van der Waals surface area contributed by atoms with Gasteiger partial charge >= 0.3 is 6.09 Å². The molecule has 0 saturated carbocycles. The van der Waals surface area contributed by atoms with Gasteiger partial charge in [0.2, 0.25) is 0 Å². The van der Waals surface area contributed by atoms with Crippen LogP contribution >= 0.6 is 0 Å². The standard InChI is InChI=1S/C24H33NO4Si/c1-24(2,3)30(19-11-6-4-7-12-19,20-13-8-5-9-14-20)29-18-10-15-21-22(26)16-17-25(21)23(27)28/h4-9,11-14,21-22,26H,10,15-18H2,1-3H3,(H,27,28)/t21-,22-/m1/s1. The fraction of sp³-hybridized carbons (Fsp3) is 0.458. The van der Waals surface area contributed by atoms with Crippen molar-refractivity contribution in [1.29, 1.82) is 0 Å². The van der Waals surface area contributed by atoms with Crippen LogP contribution in [0.2, 0.25) is 5.04 Å². The predicted octanol–water partition coefficient (Wildman–Crippen LogP) is 3.46. The summed E-state index contributed by atoms with van der Waals surface area (Å²) in [6.07, 6.45) is 0.271. The molecule has 0 spiro atoms. The van der Waals surface area contributed by atoms with Crippen LogP contribution in [0.4, 0.5) is 4.79 Å². The van der Waals surface area contributed by atoms with E-state index in [1.54, 1.807) is 0 Å². The second-order valence-electron chi connectivity index (χ2n) is 9.05. The fourth-order valence-corrected chi connectivity index (χ4v) is 9.31. The zero-order valence-corrected chi connectivity index (χ0v) is 19.1. The van der Waals surface area contributed by atoms with Crippen molar-refractivity contribution in [2.45, 2.75) is 57.2 Å². The lowest BCUT2D eigenvalue weighted by molar-refractivity contribution is 0.0926. The molecule has 1 fully saturated rings. The van der Waals surface area contributed by atoms with Crippen LogP contribution in [-0.4, -0.2) is 54.8 Å². The van der Waals surface area contributed by atoms with Gasteiger partial charge in [-0.15, -0.1) is 0 Å². The summed E-state index contributed by atoms with van der Waals surface area (Å²) in [4.78, 5) is 12.8. The number of aliphatic hydroxyl groups is 1. The van der Waals surface area contributed by atoms with E-state index in [-0.39, 0.29) is 11.1 Å². The van der Waals surface area contributed by atoms with Crippen molar-refractivity contribution in [2.75, 3.05) is 13.2 Å². The minimum absolute atomic E-state index is 0.0876. The SMILES string of the molecule is CC(C)(C)[Si](OCCC[C@@H]1[C@H](O)CCN1C(=O)O)(c1ccccc1)c1ccccc1. The maximum absolute atomic E-state index is 11.4. The molecule has 1 amide bonds. The summed E-state index contributed by atoms with van der Waals surface area (Å²) in [5.74, 6) is 0. The molecule has 5 nitrogen and oxygen atoms in total. The summed E-state index contributed by atoms with van der Waals surface area (Å²) in [6.45, 7) is 7.66. The van der Waals surface area contributed by atoms with Crippen LogP contribution in [0.15, 0.2) is 60.7 Å². The molecule has 2 atom stereocenters. The Morgan fingerprint density at radius 1 is 1.07 bits per heavy atom. The number of hydrogen-bond acceptors (Lipinski definition) is 3. The van der Waals surface area contributed by atoms with Crippen molar-refractivity contribution >= 4 is 24.8 Å². The smallest absolute Gasteiger partial charge is 0.407 e. The third-order valence-corrected chi connectivity index (χ3v) is 11.2. The molecular weight excluding hydrogens is 394 g/mol. The molecule has 0 aliphatic carbocycles. The molecule has 0 unspecified atom stereocenters. The first-order valence-electron chi connectivity index (χ1n) is 10.7. The average molecular weight is 428 g/mol. The minimum Gasteiger partial charge on any atom is -0.465 e. The van der Waals surface area contributed by atoms with Gasteiger partial charge in [0.05, 0.1) is 12.1 Å². The van der Waals surface area contributed by atoms with Gasteiger partial charge in [0.25, 0.3) is 8.32 Å². The third kappa shape index (κ3) is 4.46. The molecule has 1 aliphatic rings. The van der Waals surface area contributed by atoms with E-state index < -0.39 is 20.5 Å². The van der Waals surface area contributed by atoms with E-state index in [4.69, 9.17) is 4.43 Å². The van der Waals surface area contributed by atoms with Crippen LogP contribution in [0.25, 0.3) is 0 Å². The van der Waals surface area contributed by atoms with Gasteiger partial charge in [-0.1, -0.05) is 81.4 Å². The topological polar surface area (TPSA) is 70.0 Å². The Balaban J connectivity index is 1.83. The van der Waals surface area contributed by atoms with Crippen LogP contribution in [0.5, 0.6) is 0 Å². The van der Waals surface area contributed by atoms with E-state index in [2.05, 4.69) is 69.3 Å². The number of carbonyl (C=O) groups is 1. The largest absolute Gasteiger partial charge is 0.465 e. The predicted molar refractivity (Wildman–Crippen MR) is 122 cm³/mol. The zero-order chi connectivity index (χ0) is 21.8. The summed E-state index contributed by atoms with van der Waals surface area (Å²) in [5.41, 5.74) is 0. The van der Waals surface area contributed by atoms with Gasteiger partial charge in [0, 0.05) is 13.2 Å². The summed E-state index contributed by atoms with van der Waals surface area (Å²) in [6, 6.07) is 20.6. The molecule has 6 heteroatoms. The number of rotatable bonds is 7. The quantitative estimate of drug-likeness (QED) is 0.524. The van der Waals surface area contributed by atoms with Crippen LogP contribution in [0.3, 0.4) is 0 Å². The Kier molecular flexibility index (Phi) is 7.01. The molecule has 0 bridgehead atoms. The molecule has 2 aromatic rings. The van der Waals surface area contributed by atoms with Crippen molar-refractivity contribution < 1.29 is 19.4 Å². The lowest BCUT2D eigenvalue weighted by atomic mass is 10.1. The molecule has 0 aromatic heterocycles. The molecule has 2 N–H and O–H groups in total. The van der Waals surface area contributed by atoms with E-state index in [0.29, 0.717) is 32.4 Å². The number of carboxylic acid groups (broad SMARTS) is 1. The maximum atomic E-state index is 11.4. The third-order valence-electron chi connectivity index (χ3n) is 6.14. The number of nitrogens with zero attached hydrogens (tertiary/aromatic N) is 1. The lowest BCUT2D eigenvalue weighted by Gasteiger charge is -2.43. The Labute approximate surface area is 180 Å². The molecule has 1 heterocycles. The van der Waals surface area contributed by atoms with Crippen LogP contribution in [0.1, 0.15) is 40.0 Å². The van der Waals surface area contributed by atoms with Gasteiger partial charge in [-0.05, 0) is 34.7 Å². The van der Waals surface area contributed by atoms with Gasteiger partial charge in [-0.25, -0.2) is 4.79 Å². The van der Waals surface area contributed by atoms with Gasteiger partial charge in [-0.3, -0.25) is 0 Å². The summed E-state index contributed by atoms with van der Waals surface area (Å²) in [7, 11) is -2.57. The number of aliphatic hydroxyl groups excluding tert-OH is 1. The lowest BCUT2D eigenvalue weighted by Crippen LogP contribution is -2.66. The van der Waals surface area contributed by atoms with E-state index in [9.17, 15) is 15.0 Å². The Bertz CT molecular complexity index is 783. The summed E-state index contributed by atoms with van der Waals surface area (Å²) >= 11 is 0. The van der Waals surface area contributed by atoms with Crippen LogP contribution < -0.4 is 10.4 Å². The number of likely N-dealkylation sites (tertiary alicyclic amines) is 1. The van der Waals surface area contributed by atoms with Crippen molar-refractivity contribution in [1.82, 2.24) is 4.90 Å². The first-order valence-corrected chi connectivity index (χ1v) is 12.6. The van der Waals surface area contributed by atoms with E-state index in [1.807, 2.05) is 12.1 Å². The van der Waals surface area contributed by atoms with Crippen molar-refractivity contribution in [3.05, 3.63) is 60.7 Å². The molecule has 2 aromatic carbocycles. The minimum atomic E-state index is -2.57. The molecule has 1 aliphatic heterocycles. The molecular formula is C24H33NO4Si. The van der Waals surface area contributed by atoms with Crippen molar-refractivity contribution in [2.24, 2.45) is 0 Å². The van der Waals surface area contributed by atoms with Gasteiger partial charge in [0.15, 0.2) is 0 Å². The zero-order valence-electron chi connectivity index (χ0n) is 18.1. The van der Waals surface area contributed by atoms with Crippen LogP contribution in [0, 0.1) is 0 Å². The molecule has 30 heavy (non-hydrogen) atoms. The highest BCUT2D eigenvalue weighted by Crippen LogP contribution is 2.37. The first-order chi connectivity index (χ1) is 14.3. The Morgan fingerprint density at radius 3 is 2.07 bits per heavy atom. The van der Waals surface area contributed by atoms with Crippen molar-refractivity contribution in [3.63, 3.8) is 0 Å². The van der Waals surface area contributed by atoms with Crippen molar-refractivity contribution in [3.8, 4) is 0 Å². The maximum Gasteiger partial charge on any atom is 0.407 e. The van der Waals surface area contributed by atoms with Gasteiger partial charge in [0.1, 0.15) is 0 Å². The Hall–Kier alpha value is -2.15. The molecule has 0 radical (unpaired) electrons. The number of amides is 1. The fourth-order valence-electron chi connectivity index (χ4n) is 4.70. The normalized spacial score (nSPS) is 19.8. The molecule has 162 valence electrons. The van der Waals surface area contributed by atoms with Gasteiger partial charge < -0.3 is 19.5 Å². The first kappa shape index (κ1) is 22.5.